The molecule has 0 radical (unpaired) electrons. The first-order valence-electron chi connectivity index (χ1n) is 7.18. The van der Waals surface area contributed by atoms with Gasteiger partial charge in [-0.2, -0.15) is 0 Å². The van der Waals surface area contributed by atoms with Crippen LogP contribution in [0.5, 0.6) is 0 Å². The second-order valence-corrected chi connectivity index (χ2v) is 6.96. The van der Waals surface area contributed by atoms with Gasteiger partial charge in [0.05, 0.1) is 26.9 Å². The maximum Gasteiger partial charge on any atom is 0.271 e. The van der Waals surface area contributed by atoms with E-state index in [1.54, 1.807) is 17.8 Å². The lowest BCUT2D eigenvalue weighted by atomic mass is 9.98. The molecule has 0 amide bonds. The number of hydrogen-bond donors (Lipinski definition) is 2. The highest BCUT2D eigenvalue weighted by Crippen LogP contribution is 2.49. The lowest BCUT2D eigenvalue weighted by Crippen LogP contribution is -2.25. The lowest BCUT2D eigenvalue weighted by molar-refractivity contribution is -0.384. The van der Waals surface area contributed by atoms with E-state index in [1.807, 2.05) is 0 Å². The number of benzene rings is 1. The van der Waals surface area contributed by atoms with Crippen molar-refractivity contribution in [3.8, 4) is 0 Å². The Morgan fingerprint density at radius 1 is 1.45 bits per heavy atom. The van der Waals surface area contributed by atoms with Crippen molar-refractivity contribution < 1.29 is 10.1 Å². The summed E-state index contributed by atoms with van der Waals surface area (Å²) in [4.78, 5) is 18.0. The molecule has 2 aliphatic rings. The van der Waals surface area contributed by atoms with E-state index >= 15 is 0 Å². The average molecular weight is 318 g/mol. The van der Waals surface area contributed by atoms with E-state index in [-0.39, 0.29) is 10.9 Å². The molecule has 2 saturated carbocycles. The summed E-state index contributed by atoms with van der Waals surface area (Å²) in [5.41, 5.74) is 2.28. The molecule has 0 saturated heterocycles. The number of aromatic nitrogens is 2. The van der Waals surface area contributed by atoms with Crippen LogP contribution < -0.4 is 0 Å². The number of non-ortho nitro benzene ring substituents is 1. The molecule has 2 aliphatic carbocycles. The Bertz CT molecular complexity index is 787. The predicted molar refractivity (Wildman–Crippen MR) is 82.4 cm³/mol. The van der Waals surface area contributed by atoms with Gasteiger partial charge in [-0.25, -0.2) is 4.98 Å². The summed E-state index contributed by atoms with van der Waals surface area (Å²) in [5, 5.41) is 24.4. The predicted octanol–water partition coefficient (Wildman–Crippen LogP) is 3.19. The number of nitro benzene ring substituents is 1. The molecule has 0 unspecified atom stereocenters. The molecule has 2 N–H and O–H groups in total. The third-order valence-electron chi connectivity index (χ3n) is 4.62. The van der Waals surface area contributed by atoms with Crippen LogP contribution in [0, 0.1) is 22.0 Å². The van der Waals surface area contributed by atoms with E-state index in [0.29, 0.717) is 28.0 Å². The smallest absolute Gasteiger partial charge is 0.271 e. The highest BCUT2D eigenvalue weighted by atomic mass is 32.2. The van der Waals surface area contributed by atoms with E-state index in [4.69, 9.17) is 0 Å². The minimum absolute atomic E-state index is 0.0465. The van der Waals surface area contributed by atoms with Crippen LogP contribution in [0.15, 0.2) is 28.5 Å². The van der Waals surface area contributed by atoms with Crippen molar-refractivity contribution in [1.29, 1.82) is 0 Å². The third-order valence-corrected chi connectivity index (χ3v) is 5.92. The van der Waals surface area contributed by atoms with Crippen LogP contribution in [-0.4, -0.2) is 31.1 Å². The number of rotatable bonds is 3. The summed E-state index contributed by atoms with van der Waals surface area (Å²) >= 11 is 1.56. The quantitative estimate of drug-likeness (QED) is 0.514. The zero-order chi connectivity index (χ0) is 15.3. The first-order valence-corrected chi connectivity index (χ1v) is 8.06. The number of nitrogens with one attached hydrogen (secondary N) is 1. The summed E-state index contributed by atoms with van der Waals surface area (Å²) in [6.07, 6.45) is 3.35. The van der Waals surface area contributed by atoms with Crippen molar-refractivity contribution in [2.45, 2.75) is 29.7 Å². The number of H-pyrrole nitrogens is 1. The van der Waals surface area contributed by atoms with Gasteiger partial charge >= 0.3 is 0 Å². The van der Waals surface area contributed by atoms with Gasteiger partial charge in [-0.05, 0) is 31.2 Å². The number of nitrogens with zero attached hydrogens (tertiary/aromatic N) is 3. The largest absolute Gasteiger partial charge is 0.411 e. The van der Waals surface area contributed by atoms with Crippen LogP contribution >= 0.6 is 11.8 Å². The fraction of sp³-hybridized carbons (Fsp3) is 0.429. The average Bonchev–Trinajstić information content (AvgIpc) is 3.19. The molecule has 0 spiro atoms. The van der Waals surface area contributed by atoms with Crippen LogP contribution in [-0.2, 0) is 0 Å². The summed E-state index contributed by atoms with van der Waals surface area (Å²) in [5.74, 6) is 0.932. The van der Waals surface area contributed by atoms with Crippen molar-refractivity contribution in [2.75, 3.05) is 0 Å². The maximum atomic E-state index is 10.8. The van der Waals surface area contributed by atoms with Crippen molar-refractivity contribution in [1.82, 2.24) is 9.97 Å². The van der Waals surface area contributed by atoms with Gasteiger partial charge in [-0.3, -0.25) is 10.1 Å². The summed E-state index contributed by atoms with van der Waals surface area (Å²) in [6.45, 7) is 0. The topological polar surface area (TPSA) is 104 Å². The molecular weight excluding hydrogens is 304 g/mol. The van der Waals surface area contributed by atoms with Gasteiger partial charge in [0, 0.05) is 18.1 Å². The van der Waals surface area contributed by atoms with Gasteiger partial charge in [0.1, 0.15) is 0 Å². The molecular formula is C14H14N4O3S. The van der Waals surface area contributed by atoms with Crippen molar-refractivity contribution in [3.63, 3.8) is 0 Å². The van der Waals surface area contributed by atoms with Crippen LogP contribution in [0.4, 0.5) is 5.69 Å². The van der Waals surface area contributed by atoms with Gasteiger partial charge in [-0.15, -0.1) is 0 Å². The number of hydrogen-bond acceptors (Lipinski definition) is 6. The number of imidazole rings is 1. The van der Waals surface area contributed by atoms with E-state index < -0.39 is 4.92 Å². The van der Waals surface area contributed by atoms with E-state index in [0.717, 1.165) is 25.0 Å². The van der Waals surface area contributed by atoms with Gasteiger partial charge in [0.25, 0.3) is 5.69 Å². The van der Waals surface area contributed by atoms with E-state index in [1.165, 1.54) is 12.1 Å². The molecule has 114 valence electrons. The Kier molecular flexibility index (Phi) is 3.07. The summed E-state index contributed by atoms with van der Waals surface area (Å²) in [6, 6.07) is 4.60. The Balaban J connectivity index is 1.63. The third kappa shape index (κ3) is 2.06. The summed E-state index contributed by atoms with van der Waals surface area (Å²) in [7, 11) is 0. The molecule has 2 bridgehead atoms. The second kappa shape index (κ2) is 4.98. The number of fused-ring (bicyclic) bond motifs is 3. The van der Waals surface area contributed by atoms with Crippen molar-refractivity contribution in [2.24, 2.45) is 17.0 Å². The molecule has 3 atom stereocenters. The molecule has 2 aromatic rings. The van der Waals surface area contributed by atoms with E-state index in [2.05, 4.69) is 15.1 Å². The van der Waals surface area contributed by atoms with Crippen molar-refractivity contribution >= 4 is 34.2 Å². The zero-order valence-electron chi connectivity index (χ0n) is 11.6. The molecule has 1 heterocycles. The first-order chi connectivity index (χ1) is 10.7. The normalized spacial score (nSPS) is 28.7. The number of nitro groups is 1. The van der Waals surface area contributed by atoms with Gasteiger partial charge in [0.2, 0.25) is 0 Å². The fourth-order valence-electron chi connectivity index (χ4n) is 3.59. The maximum absolute atomic E-state index is 10.8. The zero-order valence-corrected chi connectivity index (χ0v) is 12.4. The SMILES string of the molecule is O=[N+]([O-])c1ccc2nc(S[C@@H]3/C(=N/O)[C@H]4CC[C@H]3C4)[nH]c2c1. The van der Waals surface area contributed by atoms with Crippen LogP contribution in [0.25, 0.3) is 11.0 Å². The Morgan fingerprint density at radius 3 is 3.09 bits per heavy atom. The van der Waals surface area contributed by atoms with Gasteiger partial charge < -0.3 is 10.2 Å². The standard InChI is InChI=1S/C14H14N4O3S/c19-17-12-7-1-2-8(5-7)13(12)22-14-15-10-4-3-9(18(20)21)6-11(10)16-14/h3-4,6-8,13,19H,1-2,5H2,(H,15,16)/b17-12+/t7-,8-,13-/m0/s1. The van der Waals surface area contributed by atoms with Crippen molar-refractivity contribution in [3.05, 3.63) is 28.3 Å². The number of thioether (sulfide) groups is 1. The monoisotopic (exact) mass is 318 g/mol. The minimum atomic E-state index is -0.417. The second-order valence-electron chi connectivity index (χ2n) is 5.83. The molecule has 1 aromatic carbocycles. The van der Waals surface area contributed by atoms with Crippen LogP contribution in [0.3, 0.4) is 0 Å². The molecule has 22 heavy (non-hydrogen) atoms. The highest BCUT2D eigenvalue weighted by molar-refractivity contribution is 8.00. The molecule has 4 rings (SSSR count). The van der Waals surface area contributed by atoms with Crippen LogP contribution in [0.2, 0.25) is 0 Å². The first kappa shape index (κ1) is 13.6. The molecule has 8 heteroatoms. The van der Waals surface area contributed by atoms with Gasteiger partial charge in [-0.1, -0.05) is 16.9 Å². The van der Waals surface area contributed by atoms with E-state index in [9.17, 15) is 15.3 Å². The Hall–Kier alpha value is -2.09. The number of aromatic amines is 1. The van der Waals surface area contributed by atoms with Gasteiger partial charge in [0.15, 0.2) is 5.16 Å². The molecule has 1 aromatic heterocycles. The molecule has 7 nitrogen and oxygen atoms in total. The summed E-state index contributed by atoms with van der Waals surface area (Å²) < 4.78 is 0. The Labute approximate surface area is 130 Å². The molecule has 0 aliphatic heterocycles. The Morgan fingerprint density at radius 2 is 2.32 bits per heavy atom. The van der Waals surface area contributed by atoms with Crippen LogP contribution in [0.1, 0.15) is 19.3 Å². The molecule has 2 fully saturated rings. The minimum Gasteiger partial charge on any atom is -0.411 e. The highest BCUT2D eigenvalue weighted by Gasteiger charge is 2.46. The number of oxime groups is 1. The lowest BCUT2D eigenvalue weighted by Gasteiger charge is -2.20. The fourth-order valence-corrected chi connectivity index (χ4v) is 4.95.